The van der Waals surface area contributed by atoms with Crippen molar-refractivity contribution in [2.24, 2.45) is 0 Å². The fraction of sp³-hybridized carbons (Fsp3) is 0.320. The van der Waals surface area contributed by atoms with Gasteiger partial charge in [0.15, 0.2) is 5.78 Å². The number of aromatic nitrogens is 1. The van der Waals surface area contributed by atoms with Gasteiger partial charge >= 0.3 is 0 Å². The number of benzene rings is 2. The average molecular weight is 389 g/mol. The number of anilines is 2. The molecular formula is C25H28N2O2. The fourth-order valence-corrected chi connectivity index (χ4v) is 3.46. The molecule has 0 fully saturated rings. The molecular weight excluding hydrogens is 360 g/mol. The van der Waals surface area contributed by atoms with E-state index in [1.165, 1.54) is 0 Å². The molecule has 150 valence electrons. The second-order valence-electron chi connectivity index (χ2n) is 7.35. The van der Waals surface area contributed by atoms with E-state index in [9.17, 15) is 9.59 Å². The highest BCUT2D eigenvalue weighted by molar-refractivity contribution is 6.09. The minimum Gasteiger partial charge on any atom is -0.354 e. The lowest BCUT2D eigenvalue weighted by Gasteiger charge is -2.15. The Hall–Kier alpha value is -3.01. The molecule has 0 aliphatic carbocycles. The number of carbonyl (C=O) groups is 2. The standard InChI is InChI=1S/C25H28N2O2/c1-3-8-20(28)14-12-18-13-15-23-21(16-18)25(27-19-10-6-5-7-11-19)22(17-26-23)24(29)9-4-2/h5-7,10-11,13,15-17H,3-4,8-9,12,14H2,1-2H3,(H,26,27). The Morgan fingerprint density at radius 2 is 1.69 bits per heavy atom. The van der Waals surface area contributed by atoms with E-state index >= 15 is 0 Å². The summed E-state index contributed by atoms with van der Waals surface area (Å²) >= 11 is 0. The lowest BCUT2D eigenvalue weighted by molar-refractivity contribution is -0.119. The first kappa shape index (κ1) is 20.7. The summed E-state index contributed by atoms with van der Waals surface area (Å²) in [6, 6.07) is 15.9. The van der Waals surface area contributed by atoms with Gasteiger partial charge in [-0.05, 0) is 49.1 Å². The summed E-state index contributed by atoms with van der Waals surface area (Å²) in [7, 11) is 0. The SMILES string of the molecule is CCCC(=O)CCc1ccc2ncc(C(=O)CCC)c(Nc3ccccc3)c2c1. The van der Waals surface area contributed by atoms with Crippen LogP contribution in [0.4, 0.5) is 11.4 Å². The number of pyridine rings is 1. The van der Waals surface area contributed by atoms with Gasteiger partial charge in [0.25, 0.3) is 0 Å². The second-order valence-corrected chi connectivity index (χ2v) is 7.35. The van der Waals surface area contributed by atoms with E-state index in [2.05, 4.69) is 16.4 Å². The van der Waals surface area contributed by atoms with Crippen LogP contribution in [0.2, 0.25) is 0 Å². The number of hydrogen-bond acceptors (Lipinski definition) is 4. The van der Waals surface area contributed by atoms with Gasteiger partial charge in [0, 0.05) is 36.5 Å². The Kier molecular flexibility index (Phi) is 7.12. The van der Waals surface area contributed by atoms with Gasteiger partial charge in [-0.1, -0.05) is 38.1 Å². The van der Waals surface area contributed by atoms with Crippen molar-refractivity contribution < 1.29 is 9.59 Å². The number of nitrogens with zero attached hydrogens (tertiary/aromatic N) is 1. The van der Waals surface area contributed by atoms with E-state index in [-0.39, 0.29) is 5.78 Å². The van der Waals surface area contributed by atoms with Gasteiger partial charge < -0.3 is 5.32 Å². The van der Waals surface area contributed by atoms with Crippen molar-refractivity contribution in [3.63, 3.8) is 0 Å². The zero-order valence-electron chi connectivity index (χ0n) is 17.2. The molecule has 0 aliphatic heterocycles. The Labute approximate surface area is 172 Å². The predicted octanol–water partition coefficient (Wildman–Crippen LogP) is 6.26. The van der Waals surface area contributed by atoms with Gasteiger partial charge in [-0.3, -0.25) is 14.6 Å². The molecule has 0 aliphatic rings. The molecule has 0 unspecified atom stereocenters. The predicted molar refractivity (Wildman–Crippen MR) is 119 cm³/mol. The smallest absolute Gasteiger partial charge is 0.166 e. The number of carbonyl (C=O) groups excluding carboxylic acids is 2. The highest BCUT2D eigenvalue weighted by Crippen LogP contribution is 2.31. The van der Waals surface area contributed by atoms with Crippen LogP contribution in [-0.2, 0) is 11.2 Å². The van der Waals surface area contributed by atoms with Crippen molar-refractivity contribution in [3.05, 3.63) is 65.9 Å². The Bertz CT molecular complexity index is 996. The van der Waals surface area contributed by atoms with E-state index in [4.69, 9.17) is 0 Å². The van der Waals surface area contributed by atoms with Crippen LogP contribution in [0.25, 0.3) is 10.9 Å². The maximum atomic E-state index is 12.7. The third kappa shape index (κ3) is 5.29. The first-order valence-corrected chi connectivity index (χ1v) is 10.4. The molecule has 0 saturated carbocycles. The number of para-hydroxylation sites is 1. The van der Waals surface area contributed by atoms with E-state index < -0.39 is 0 Å². The van der Waals surface area contributed by atoms with Crippen LogP contribution in [0.5, 0.6) is 0 Å². The zero-order chi connectivity index (χ0) is 20.6. The van der Waals surface area contributed by atoms with E-state index in [0.29, 0.717) is 37.0 Å². The molecule has 0 saturated heterocycles. The van der Waals surface area contributed by atoms with E-state index in [1.54, 1.807) is 6.20 Å². The van der Waals surface area contributed by atoms with Crippen LogP contribution in [0.1, 0.15) is 61.9 Å². The van der Waals surface area contributed by atoms with Gasteiger partial charge in [-0.15, -0.1) is 0 Å². The summed E-state index contributed by atoms with van der Waals surface area (Å²) in [5.74, 6) is 0.379. The average Bonchev–Trinajstić information content (AvgIpc) is 2.73. The van der Waals surface area contributed by atoms with Crippen molar-refractivity contribution in [1.29, 1.82) is 0 Å². The third-order valence-corrected chi connectivity index (χ3v) is 4.97. The van der Waals surface area contributed by atoms with Gasteiger partial charge in [-0.25, -0.2) is 0 Å². The second kappa shape index (κ2) is 9.97. The van der Waals surface area contributed by atoms with Crippen molar-refractivity contribution in [3.8, 4) is 0 Å². The van der Waals surface area contributed by atoms with Crippen LogP contribution >= 0.6 is 0 Å². The molecule has 1 N–H and O–H groups in total. The monoisotopic (exact) mass is 388 g/mol. The Morgan fingerprint density at radius 3 is 2.41 bits per heavy atom. The zero-order valence-corrected chi connectivity index (χ0v) is 17.2. The molecule has 0 amide bonds. The summed E-state index contributed by atoms with van der Waals surface area (Å²) in [5.41, 5.74) is 4.25. The summed E-state index contributed by atoms with van der Waals surface area (Å²) < 4.78 is 0. The molecule has 0 bridgehead atoms. The van der Waals surface area contributed by atoms with Crippen LogP contribution in [0.15, 0.2) is 54.7 Å². The number of nitrogens with one attached hydrogen (secondary N) is 1. The molecule has 4 heteroatoms. The Balaban J connectivity index is 2.02. The molecule has 0 radical (unpaired) electrons. The third-order valence-electron chi connectivity index (χ3n) is 4.97. The highest BCUT2D eigenvalue weighted by Gasteiger charge is 2.16. The number of ketones is 2. The van der Waals surface area contributed by atoms with Crippen molar-refractivity contribution >= 4 is 33.8 Å². The minimum atomic E-state index is 0.0869. The van der Waals surface area contributed by atoms with Gasteiger partial charge in [0.05, 0.1) is 16.8 Å². The molecule has 29 heavy (non-hydrogen) atoms. The first-order chi connectivity index (χ1) is 14.1. The molecule has 3 rings (SSSR count). The number of hydrogen-bond donors (Lipinski definition) is 1. The maximum absolute atomic E-state index is 12.7. The molecule has 2 aromatic carbocycles. The molecule has 4 nitrogen and oxygen atoms in total. The molecule has 0 atom stereocenters. The van der Waals surface area contributed by atoms with Crippen molar-refractivity contribution in [2.75, 3.05) is 5.32 Å². The normalized spacial score (nSPS) is 10.8. The minimum absolute atomic E-state index is 0.0869. The number of Topliss-reactive ketones (excluding diaryl/α,β-unsaturated/α-hetero) is 2. The van der Waals surface area contributed by atoms with Gasteiger partial charge in [-0.2, -0.15) is 0 Å². The molecule has 1 aromatic heterocycles. The van der Waals surface area contributed by atoms with Crippen LogP contribution in [-0.4, -0.2) is 16.6 Å². The van der Waals surface area contributed by atoms with E-state index in [1.807, 2.05) is 56.3 Å². The lowest BCUT2D eigenvalue weighted by atomic mass is 9.99. The van der Waals surface area contributed by atoms with Crippen LogP contribution < -0.4 is 5.32 Å². The van der Waals surface area contributed by atoms with Crippen LogP contribution in [0.3, 0.4) is 0 Å². The lowest BCUT2D eigenvalue weighted by Crippen LogP contribution is -2.06. The Morgan fingerprint density at radius 1 is 0.931 bits per heavy atom. The van der Waals surface area contributed by atoms with Gasteiger partial charge in [0.1, 0.15) is 5.78 Å². The van der Waals surface area contributed by atoms with Gasteiger partial charge in [0.2, 0.25) is 0 Å². The quantitative estimate of drug-likeness (QED) is 0.416. The summed E-state index contributed by atoms with van der Waals surface area (Å²) in [5, 5.41) is 4.35. The molecule has 1 heterocycles. The van der Waals surface area contributed by atoms with Crippen LogP contribution in [0, 0.1) is 0 Å². The highest BCUT2D eigenvalue weighted by atomic mass is 16.1. The molecule has 3 aromatic rings. The first-order valence-electron chi connectivity index (χ1n) is 10.4. The van der Waals surface area contributed by atoms with Crippen molar-refractivity contribution in [1.82, 2.24) is 4.98 Å². The summed E-state index contributed by atoms with van der Waals surface area (Å²) in [6.07, 6.45) is 5.72. The van der Waals surface area contributed by atoms with Crippen molar-refractivity contribution in [2.45, 2.75) is 52.4 Å². The summed E-state index contributed by atoms with van der Waals surface area (Å²) in [6.45, 7) is 4.03. The maximum Gasteiger partial charge on any atom is 0.166 e. The van der Waals surface area contributed by atoms with E-state index in [0.717, 1.165) is 40.7 Å². The molecule has 0 spiro atoms. The topological polar surface area (TPSA) is 59.1 Å². The number of rotatable bonds is 10. The fourth-order valence-electron chi connectivity index (χ4n) is 3.46. The largest absolute Gasteiger partial charge is 0.354 e. The number of aryl methyl sites for hydroxylation is 1. The summed E-state index contributed by atoms with van der Waals surface area (Å²) in [4.78, 5) is 29.2. The number of fused-ring (bicyclic) bond motifs is 1.